The van der Waals surface area contributed by atoms with Crippen LogP contribution in [-0.4, -0.2) is 24.3 Å². The first-order valence-corrected chi connectivity index (χ1v) is 7.57. The summed E-state index contributed by atoms with van der Waals surface area (Å²) in [5, 5.41) is 9.07. The fourth-order valence-corrected chi connectivity index (χ4v) is 3.25. The molecule has 3 heteroatoms. The highest BCUT2D eigenvalue weighted by molar-refractivity contribution is 5.72. The monoisotopic (exact) mass is 254 g/mol. The molecule has 0 saturated heterocycles. The molecule has 2 rings (SSSR count). The Bertz CT molecular complexity index is 250. The average Bonchev–Trinajstić information content (AvgIpc) is 2.46. The van der Waals surface area contributed by atoms with Gasteiger partial charge in [0.1, 0.15) is 0 Å². The van der Waals surface area contributed by atoms with Crippen molar-refractivity contribution in [2.24, 2.45) is 17.8 Å². The summed E-state index contributed by atoms with van der Waals surface area (Å²) in [5.41, 5.74) is 0. The summed E-state index contributed by atoms with van der Waals surface area (Å²) < 4.78 is 5.49. The fourth-order valence-electron chi connectivity index (χ4n) is 3.25. The molecule has 2 aliphatic carbocycles. The largest absolute Gasteiger partial charge is 0.465 e. The van der Waals surface area contributed by atoms with E-state index in [1.54, 1.807) is 0 Å². The first-order chi connectivity index (χ1) is 8.79. The molecule has 2 fully saturated rings. The highest BCUT2D eigenvalue weighted by atomic mass is 16.5. The first-order valence-electron chi connectivity index (χ1n) is 7.57. The summed E-state index contributed by atoms with van der Waals surface area (Å²) in [7, 11) is 0. The van der Waals surface area contributed by atoms with Gasteiger partial charge < -0.3 is 9.84 Å². The van der Waals surface area contributed by atoms with E-state index in [1.807, 2.05) is 0 Å². The zero-order chi connectivity index (χ0) is 12.8. The molecule has 0 aromatic heterocycles. The van der Waals surface area contributed by atoms with Crippen LogP contribution in [0.15, 0.2) is 0 Å². The minimum atomic E-state index is 0.0111. The van der Waals surface area contributed by atoms with Crippen LogP contribution in [0.2, 0.25) is 0 Å². The summed E-state index contributed by atoms with van der Waals surface area (Å²) in [5.74, 6) is 1.12. The molecule has 0 radical (unpaired) electrons. The maximum atomic E-state index is 12.0. The van der Waals surface area contributed by atoms with Crippen LogP contribution in [0.1, 0.15) is 57.8 Å². The van der Waals surface area contributed by atoms with Crippen LogP contribution < -0.4 is 0 Å². The summed E-state index contributed by atoms with van der Waals surface area (Å²) in [6, 6.07) is 0. The van der Waals surface area contributed by atoms with E-state index in [9.17, 15) is 4.79 Å². The molecule has 0 atom stereocenters. The van der Waals surface area contributed by atoms with Gasteiger partial charge in [-0.2, -0.15) is 0 Å². The van der Waals surface area contributed by atoms with Crippen LogP contribution >= 0.6 is 0 Å². The topological polar surface area (TPSA) is 46.5 Å². The van der Waals surface area contributed by atoms with Crippen LogP contribution in [-0.2, 0) is 9.53 Å². The third kappa shape index (κ3) is 3.98. The van der Waals surface area contributed by atoms with Crippen molar-refractivity contribution in [2.45, 2.75) is 57.8 Å². The molecule has 0 unspecified atom stereocenters. The molecule has 0 aromatic carbocycles. The number of carbonyl (C=O) groups is 1. The van der Waals surface area contributed by atoms with Gasteiger partial charge in [0.15, 0.2) is 0 Å². The predicted octanol–water partition coefficient (Wildman–Crippen LogP) is 2.91. The van der Waals surface area contributed by atoms with Gasteiger partial charge in [-0.1, -0.05) is 19.3 Å². The summed E-state index contributed by atoms with van der Waals surface area (Å²) in [4.78, 5) is 12.0. The van der Waals surface area contributed by atoms with Gasteiger partial charge in [-0.3, -0.25) is 4.79 Å². The van der Waals surface area contributed by atoms with E-state index < -0.39 is 0 Å². The summed E-state index contributed by atoms with van der Waals surface area (Å²) in [6.07, 6.45) is 10.1. The van der Waals surface area contributed by atoms with Gasteiger partial charge >= 0.3 is 5.97 Å². The Morgan fingerprint density at radius 3 is 2.22 bits per heavy atom. The van der Waals surface area contributed by atoms with E-state index in [0.29, 0.717) is 18.4 Å². The Morgan fingerprint density at radius 2 is 1.61 bits per heavy atom. The first kappa shape index (κ1) is 13.9. The maximum absolute atomic E-state index is 12.0. The lowest BCUT2D eigenvalue weighted by Gasteiger charge is -2.27. The van der Waals surface area contributed by atoms with Crippen molar-refractivity contribution < 1.29 is 14.6 Å². The molecular formula is C15H26O3. The van der Waals surface area contributed by atoms with Crippen molar-refractivity contribution in [1.82, 2.24) is 0 Å². The van der Waals surface area contributed by atoms with Crippen LogP contribution in [0.3, 0.4) is 0 Å². The Kier molecular flexibility index (Phi) is 5.48. The molecule has 0 amide bonds. The van der Waals surface area contributed by atoms with Gasteiger partial charge in [-0.05, 0) is 50.4 Å². The number of rotatable bonds is 4. The van der Waals surface area contributed by atoms with Gasteiger partial charge in [0.05, 0.1) is 12.5 Å². The van der Waals surface area contributed by atoms with Crippen molar-refractivity contribution in [3.63, 3.8) is 0 Å². The van der Waals surface area contributed by atoms with Gasteiger partial charge in [0.2, 0.25) is 0 Å². The molecule has 0 heterocycles. The van der Waals surface area contributed by atoms with Crippen LogP contribution in [0.5, 0.6) is 0 Å². The lowest BCUT2D eigenvalue weighted by molar-refractivity contribution is -0.151. The molecule has 0 spiro atoms. The van der Waals surface area contributed by atoms with Gasteiger partial charge in [0, 0.05) is 6.61 Å². The standard InChI is InChI=1S/C15H26O3/c16-10-12-6-8-14(9-7-12)15(17)18-11-13-4-2-1-3-5-13/h12-14,16H,1-11H2. The second kappa shape index (κ2) is 7.13. The van der Waals surface area contributed by atoms with E-state index in [1.165, 1.54) is 32.1 Å². The molecule has 18 heavy (non-hydrogen) atoms. The van der Waals surface area contributed by atoms with E-state index in [0.717, 1.165) is 25.7 Å². The highest BCUT2D eigenvalue weighted by Crippen LogP contribution is 2.30. The van der Waals surface area contributed by atoms with E-state index in [2.05, 4.69) is 0 Å². The predicted molar refractivity (Wildman–Crippen MR) is 70.1 cm³/mol. The van der Waals surface area contributed by atoms with Crippen molar-refractivity contribution in [3.05, 3.63) is 0 Å². The highest BCUT2D eigenvalue weighted by Gasteiger charge is 2.27. The Labute approximate surface area is 110 Å². The second-order valence-corrected chi connectivity index (χ2v) is 6.03. The number of esters is 1. The quantitative estimate of drug-likeness (QED) is 0.785. The Hall–Kier alpha value is -0.570. The average molecular weight is 254 g/mol. The fraction of sp³-hybridized carbons (Fsp3) is 0.933. The lowest BCUT2D eigenvalue weighted by atomic mass is 9.82. The van der Waals surface area contributed by atoms with Gasteiger partial charge in [-0.15, -0.1) is 0 Å². The van der Waals surface area contributed by atoms with Crippen molar-refractivity contribution >= 4 is 5.97 Å². The molecule has 104 valence electrons. The molecule has 1 N–H and O–H groups in total. The third-order valence-electron chi connectivity index (χ3n) is 4.62. The summed E-state index contributed by atoms with van der Waals surface area (Å²) in [6.45, 7) is 0.905. The van der Waals surface area contributed by atoms with E-state index >= 15 is 0 Å². The number of aliphatic hydroxyl groups is 1. The van der Waals surface area contributed by atoms with Crippen molar-refractivity contribution in [3.8, 4) is 0 Å². The van der Waals surface area contributed by atoms with Gasteiger partial charge in [-0.25, -0.2) is 0 Å². The minimum Gasteiger partial charge on any atom is -0.465 e. The van der Waals surface area contributed by atoms with Crippen molar-refractivity contribution in [1.29, 1.82) is 0 Å². The molecule has 0 bridgehead atoms. The SMILES string of the molecule is O=C(OCC1CCCCC1)C1CCC(CO)CC1. The molecule has 0 aromatic rings. The van der Waals surface area contributed by atoms with Crippen LogP contribution in [0, 0.1) is 17.8 Å². The molecule has 2 saturated carbocycles. The number of hydrogen-bond donors (Lipinski definition) is 1. The molecule has 3 nitrogen and oxygen atoms in total. The van der Waals surface area contributed by atoms with Crippen LogP contribution in [0.4, 0.5) is 0 Å². The normalized spacial score (nSPS) is 30.1. The maximum Gasteiger partial charge on any atom is 0.308 e. The van der Waals surface area contributed by atoms with E-state index in [-0.39, 0.29) is 18.5 Å². The van der Waals surface area contributed by atoms with Gasteiger partial charge in [0.25, 0.3) is 0 Å². The zero-order valence-corrected chi connectivity index (χ0v) is 11.3. The Balaban J connectivity index is 1.65. The molecule has 2 aliphatic rings. The zero-order valence-electron chi connectivity index (χ0n) is 11.3. The smallest absolute Gasteiger partial charge is 0.308 e. The van der Waals surface area contributed by atoms with E-state index in [4.69, 9.17) is 9.84 Å². The Morgan fingerprint density at radius 1 is 0.944 bits per heavy atom. The molecule has 0 aliphatic heterocycles. The number of hydrogen-bond acceptors (Lipinski definition) is 3. The number of aliphatic hydroxyl groups excluding tert-OH is 1. The second-order valence-electron chi connectivity index (χ2n) is 6.03. The number of ether oxygens (including phenoxy) is 1. The lowest BCUT2D eigenvalue weighted by Crippen LogP contribution is -2.27. The van der Waals surface area contributed by atoms with Crippen LogP contribution in [0.25, 0.3) is 0 Å². The molecular weight excluding hydrogens is 228 g/mol. The summed E-state index contributed by atoms with van der Waals surface area (Å²) >= 11 is 0. The minimum absolute atomic E-state index is 0.0111. The third-order valence-corrected chi connectivity index (χ3v) is 4.62. The number of carbonyl (C=O) groups excluding carboxylic acids is 1. The van der Waals surface area contributed by atoms with Crippen molar-refractivity contribution in [2.75, 3.05) is 13.2 Å².